The number of nitrogens with two attached hydrogens (primary N) is 1. The van der Waals surface area contributed by atoms with Gasteiger partial charge in [0.2, 0.25) is 0 Å². The van der Waals surface area contributed by atoms with Crippen molar-refractivity contribution in [2.45, 2.75) is 19.5 Å². The number of benzene rings is 1. The second-order valence-electron chi connectivity index (χ2n) is 5.52. The van der Waals surface area contributed by atoms with Crippen LogP contribution >= 0.6 is 11.5 Å². The van der Waals surface area contributed by atoms with Crippen molar-refractivity contribution in [1.29, 1.82) is 0 Å². The van der Waals surface area contributed by atoms with Crippen LogP contribution in [0.1, 0.15) is 12.5 Å². The summed E-state index contributed by atoms with van der Waals surface area (Å²) in [7, 11) is 0. The lowest BCUT2D eigenvalue weighted by molar-refractivity contribution is 0.319. The molecule has 2 aromatic rings. The molecule has 1 fully saturated rings. The molecule has 1 aromatic carbocycles. The molecular weight excluding hydrogens is 268 g/mol. The lowest BCUT2D eigenvalue weighted by Gasteiger charge is -2.17. The van der Waals surface area contributed by atoms with Gasteiger partial charge >= 0.3 is 0 Å². The van der Waals surface area contributed by atoms with Gasteiger partial charge in [-0.25, -0.2) is 0 Å². The van der Waals surface area contributed by atoms with Crippen molar-refractivity contribution in [2.75, 3.05) is 24.1 Å². The molecule has 0 radical (unpaired) electrons. The highest BCUT2D eigenvalue weighted by molar-refractivity contribution is 7.10. The van der Waals surface area contributed by atoms with Crippen LogP contribution in [0.5, 0.6) is 0 Å². The Morgan fingerprint density at radius 3 is 2.85 bits per heavy atom. The monoisotopic (exact) mass is 288 g/mol. The Morgan fingerprint density at radius 2 is 2.15 bits per heavy atom. The summed E-state index contributed by atoms with van der Waals surface area (Å²) < 4.78 is 4.11. The van der Waals surface area contributed by atoms with Gasteiger partial charge in [0.15, 0.2) is 0 Å². The Balaban J connectivity index is 1.59. The maximum atomic E-state index is 5.67. The van der Waals surface area contributed by atoms with E-state index in [0.717, 1.165) is 24.6 Å². The van der Waals surface area contributed by atoms with Crippen molar-refractivity contribution in [3.63, 3.8) is 0 Å². The van der Waals surface area contributed by atoms with Gasteiger partial charge in [0.1, 0.15) is 10.8 Å². The molecule has 3 N–H and O–H groups in total. The highest BCUT2D eigenvalue weighted by atomic mass is 32.1. The number of likely N-dealkylation sites (tertiary alicyclic amines) is 1. The first-order chi connectivity index (χ1) is 9.70. The highest BCUT2D eigenvalue weighted by Crippen LogP contribution is 2.25. The second kappa shape index (κ2) is 5.81. The number of hydrogen-bond acceptors (Lipinski definition) is 5. The van der Waals surface area contributed by atoms with Gasteiger partial charge in [0.05, 0.1) is 0 Å². The molecule has 0 aliphatic carbocycles. The Hall–Kier alpha value is -1.59. The fourth-order valence-corrected chi connectivity index (χ4v) is 3.40. The number of aromatic nitrogens is 1. The molecule has 5 heteroatoms. The summed E-state index contributed by atoms with van der Waals surface area (Å²) in [5.74, 6) is 1.23. The Morgan fingerprint density at radius 1 is 1.35 bits per heavy atom. The van der Waals surface area contributed by atoms with Crippen LogP contribution in [0, 0.1) is 5.92 Å². The second-order valence-corrected chi connectivity index (χ2v) is 6.33. The van der Waals surface area contributed by atoms with E-state index in [1.165, 1.54) is 17.1 Å². The van der Waals surface area contributed by atoms with Crippen LogP contribution in [0.2, 0.25) is 0 Å². The quantitative estimate of drug-likeness (QED) is 0.908. The van der Waals surface area contributed by atoms with Crippen molar-refractivity contribution in [3.8, 4) is 0 Å². The summed E-state index contributed by atoms with van der Waals surface area (Å²) in [6.07, 6.45) is 0. The van der Waals surface area contributed by atoms with Crippen molar-refractivity contribution in [3.05, 3.63) is 42.0 Å². The molecule has 1 aliphatic rings. The van der Waals surface area contributed by atoms with Crippen LogP contribution < -0.4 is 11.1 Å². The van der Waals surface area contributed by atoms with Gasteiger partial charge in [-0.1, -0.05) is 37.3 Å². The van der Waals surface area contributed by atoms with Crippen molar-refractivity contribution in [2.24, 2.45) is 5.92 Å². The average molecular weight is 288 g/mol. The maximum Gasteiger partial charge on any atom is 0.139 e. The summed E-state index contributed by atoms with van der Waals surface area (Å²) >= 11 is 1.44. The topological polar surface area (TPSA) is 54.2 Å². The summed E-state index contributed by atoms with van der Waals surface area (Å²) in [6, 6.07) is 13.0. The van der Waals surface area contributed by atoms with E-state index >= 15 is 0 Å². The fraction of sp³-hybridized carbons (Fsp3) is 0.400. The molecule has 0 saturated carbocycles. The fourth-order valence-electron chi connectivity index (χ4n) is 2.77. The summed E-state index contributed by atoms with van der Waals surface area (Å²) in [4.78, 5) is 2.50. The van der Waals surface area contributed by atoms with Gasteiger partial charge in [-0.3, -0.25) is 4.90 Å². The van der Waals surface area contributed by atoms with Gasteiger partial charge in [0.25, 0.3) is 0 Å². The molecule has 0 bridgehead atoms. The lowest BCUT2D eigenvalue weighted by Crippen LogP contribution is -2.27. The number of hydrogen-bond donors (Lipinski definition) is 2. The third-order valence-corrected chi connectivity index (χ3v) is 4.53. The number of nitrogens with zero attached hydrogens (tertiary/aromatic N) is 2. The maximum absolute atomic E-state index is 5.67. The minimum absolute atomic E-state index is 0.471. The molecule has 2 heterocycles. The third kappa shape index (κ3) is 3.11. The minimum Gasteiger partial charge on any atom is -0.383 e. The largest absolute Gasteiger partial charge is 0.383 e. The van der Waals surface area contributed by atoms with E-state index in [9.17, 15) is 0 Å². The van der Waals surface area contributed by atoms with E-state index in [4.69, 9.17) is 5.73 Å². The Kier molecular flexibility index (Phi) is 3.89. The van der Waals surface area contributed by atoms with Crippen LogP contribution in [0.3, 0.4) is 0 Å². The SMILES string of the molecule is CC1CN(Cc2ccccc2)CC1Nc1cc(N)ns1. The van der Waals surface area contributed by atoms with E-state index < -0.39 is 0 Å². The van der Waals surface area contributed by atoms with Gasteiger partial charge in [-0.2, -0.15) is 4.37 Å². The van der Waals surface area contributed by atoms with Crippen LogP contribution in [-0.2, 0) is 6.54 Å². The zero-order valence-electron chi connectivity index (χ0n) is 11.6. The lowest BCUT2D eigenvalue weighted by atomic mass is 10.1. The first-order valence-corrected chi connectivity index (χ1v) is 7.73. The van der Waals surface area contributed by atoms with Crippen molar-refractivity contribution in [1.82, 2.24) is 9.27 Å². The number of nitrogen functional groups attached to an aromatic ring is 1. The van der Waals surface area contributed by atoms with Gasteiger partial charge < -0.3 is 11.1 Å². The molecule has 1 saturated heterocycles. The predicted octanol–water partition coefficient (Wildman–Crippen LogP) is 2.66. The van der Waals surface area contributed by atoms with E-state index in [-0.39, 0.29) is 0 Å². The van der Waals surface area contributed by atoms with E-state index in [1.54, 1.807) is 0 Å². The highest BCUT2D eigenvalue weighted by Gasteiger charge is 2.29. The van der Waals surface area contributed by atoms with Crippen molar-refractivity contribution >= 4 is 22.4 Å². The zero-order valence-corrected chi connectivity index (χ0v) is 12.4. The Bertz CT molecular complexity index is 554. The molecule has 4 nitrogen and oxygen atoms in total. The predicted molar refractivity (Wildman–Crippen MR) is 84.8 cm³/mol. The Labute approximate surface area is 123 Å². The molecule has 20 heavy (non-hydrogen) atoms. The first kappa shape index (κ1) is 13.4. The van der Waals surface area contributed by atoms with E-state index in [1.807, 2.05) is 6.07 Å². The van der Waals surface area contributed by atoms with Gasteiger partial charge in [0, 0.05) is 31.7 Å². The van der Waals surface area contributed by atoms with Gasteiger partial charge in [-0.15, -0.1) is 0 Å². The zero-order chi connectivity index (χ0) is 13.9. The normalized spacial score (nSPS) is 23.1. The molecule has 3 rings (SSSR count). The molecule has 2 unspecified atom stereocenters. The molecule has 1 aliphatic heterocycles. The van der Waals surface area contributed by atoms with Gasteiger partial charge in [-0.05, 0) is 23.0 Å². The van der Waals surface area contributed by atoms with Crippen LogP contribution in [-0.4, -0.2) is 28.4 Å². The molecule has 0 amide bonds. The number of nitrogens with one attached hydrogen (secondary N) is 1. The third-order valence-electron chi connectivity index (χ3n) is 3.79. The summed E-state index contributed by atoms with van der Waals surface area (Å²) in [5, 5.41) is 4.63. The molecule has 1 aromatic heterocycles. The average Bonchev–Trinajstić information content (AvgIpc) is 2.98. The standard InChI is InChI=1S/C15H20N4S/c1-11-8-19(9-12-5-3-2-4-6-12)10-13(11)17-15-7-14(16)18-20-15/h2-7,11,13,17H,8-10H2,1H3,(H2,16,18). The van der Waals surface area contributed by atoms with Crippen LogP contribution in [0.25, 0.3) is 0 Å². The smallest absolute Gasteiger partial charge is 0.139 e. The van der Waals surface area contributed by atoms with E-state index in [2.05, 4.69) is 51.8 Å². The van der Waals surface area contributed by atoms with Crippen molar-refractivity contribution < 1.29 is 0 Å². The summed E-state index contributed by atoms with van der Waals surface area (Å²) in [6.45, 7) is 5.51. The molecule has 2 atom stereocenters. The molecule has 106 valence electrons. The number of anilines is 2. The summed E-state index contributed by atoms with van der Waals surface area (Å²) in [5.41, 5.74) is 7.04. The first-order valence-electron chi connectivity index (χ1n) is 6.96. The van der Waals surface area contributed by atoms with Crippen LogP contribution in [0.15, 0.2) is 36.4 Å². The molecular formula is C15H20N4S. The minimum atomic E-state index is 0.471. The van der Waals surface area contributed by atoms with E-state index in [0.29, 0.717) is 17.8 Å². The number of rotatable bonds is 4. The van der Waals surface area contributed by atoms with Crippen LogP contribution in [0.4, 0.5) is 10.8 Å². The molecule has 0 spiro atoms.